The molecule has 67 heavy (non-hydrogen) atoms. The van der Waals surface area contributed by atoms with Crippen molar-refractivity contribution in [3.05, 3.63) is 214 Å². The van der Waals surface area contributed by atoms with Crippen molar-refractivity contribution < 1.29 is 0 Å². The van der Waals surface area contributed by atoms with Gasteiger partial charge < -0.3 is 5.32 Å². The average Bonchev–Trinajstić information content (AvgIpc) is 4.21. The standard InChI is InChI=1S/C64H69N3/c1-3-56-57(36-35-43(2)60(45-23-11-5-12-24-45)65-61(56)46-25-13-6-14-26-46)52-34-20-32-50(38-52)49-31-19-33-51(37-49)54-39-53(44-21-9-4-10-22-44)40-55(41-54)63-59-42-58(59)62(47-27-15-7-16-28-47)66-64(67-63)48-29-17-8-18-30-48/h6-9,11,13-19,21-23,25-31,37-41,43,45,51-52,56-57,59-60,63H,3-5,10,12,20,24,32-36,42H2,1-2H3,(H,66,67). The van der Waals surface area contributed by atoms with Crippen LogP contribution < -0.4 is 5.32 Å². The molecule has 0 amide bonds. The first kappa shape index (κ1) is 43.8. The molecule has 9 unspecified atom stereocenters. The monoisotopic (exact) mass is 880 g/mol. The van der Waals surface area contributed by atoms with Gasteiger partial charge in [-0.2, -0.15) is 0 Å². The topological polar surface area (TPSA) is 36.8 Å². The largest absolute Gasteiger partial charge is 0.340 e. The molecular weight excluding hydrogens is 811 g/mol. The molecule has 1 saturated carbocycles. The van der Waals surface area contributed by atoms with E-state index in [-0.39, 0.29) is 6.04 Å². The lowest BCUT2D eigenvalue weighted by molar-refractivity contribution is 0.223. The van der Waals surface area contributed by atoms with E-state index in [1.807, 2.05) is 0 Å². The Labute approximate surface area is 401 Å². The molecule has 4 aromatic carbocycles. The maximum absolute atomic E-state index is 5.89. The molecule has 2 heterocycles. The van der Waals surface area contributed by atoms with E-state index in [2.05, 4.69) is 183 Å². The van der Waals surface area contributed by atoms with E-state index in [4.69, 9.17) is 9.98 Å². The Kier molecular flexibility index (Phi) is 12.9. The third-order valence-corrected chi connectivity index (χ3v) is 16.4. The number of rotatable bonds is 10. The van der Waals surface area contributed by atoms with Gasteiger partial charge in [0.2, 0.25) is 0 Å². The molecule has 1 N–H and O–H groups in total. The van der Waals surface area contributed by atoms with E-state index in [0.717, 1.165) is 49.9 Å². The van der Waals surface area contributed by atoms with E-state index in [0.29, 0.717) is 47.5 Å². The molecule has 5 aliphatic carbocycles. The number of amidine groups is 1. The molecule has 1 fully saturated rings. The van der Waals surface area contributed by atoms with Gasteiger partial charge in [0.1, 0.15) is 5.84 Å². The summed E-state index contributed by atoms with van der Waals surface area (Å²) in [6, 6.07) is 40.8. The Morgan fingerprint density at radius 1 is 0.642 bits per heavy atom. The zero-order chi connectivity index (χ0) is 45.1. The van der Waals surface area contributed by atoms with Crippen molar-refractivity contribution in [1.82, 2.24) is 5.32 Å². The summed E-state index contributed by atoms with van der Waals surface area (Å²) < 4.78 is 0. The summed E-state index contributed by atoms with van der Waals surface area (Å²) in [5.74, 6) is 4.36. The number of fused-ring (bicyclic) bond motifs is 1. The van der Waals surface area contributed by atoms with Crippen molar-refractivity contribution in [1.29, 1.82) is 0 Å². The minimum Gasteiger partial charge on any atom is -0.340 e. The van der Waals surface area contributed by atoms with Crippen molar-refractivity contribution >= 4 is 22.8 Å². The summed E-state index contributed by atoms with van der Waals surface area (Å²) in [6.07, 6.45) is 37.8. The van der Waals surface area contributed by atoms with Gasteiger partial charge in [-0.1, -0.05) is 172 Å². The molecule has 0 aromatic heterocycles. The second kappa shape index (κ2) is 19.8. The highest BCUT2D eigenvalue weighted by Gasteiger charge is 2.44. The number of hydrogen-bond donors (Lipinski definition) is 1. The Bertz CT molecular complexity index is 2700. The van der Waals surface area contributed by atoms with E-state index >= 15 is 0 Å². The highest BCUT2D eigenvalue weighted by atomic mass is 15.1. The van der Waals surface area contributed by atoms with Gasteiger partial charge in [0, 0.05) is 34.7 Å². The van der Waals surface area contributed by atoms with Crippen molar-refractivity contribution in [3.63, 3.8) is 0 Å². The summed E-state index contributed by atoms with van der Waals surface area (Å²) >= 11 is 0. The van der Waals surface area contributed by atoms with Crippen LogP contribution in [0.2, 0.25) is 0 Å². The van der Waals surface area contributed by atoms with Crippen LogP contribution in [0.5, 0.6) is 0 Å². The quantitative estimate of drug-likeness (QED) is 0.158. The number of hydrogen-bond acceptors (Lipinski definition) is 3. The van der Waals surface area contributed by atoms with Gasteiger partial charge in [0.15, 0.2) is 0 Å². The highest BCUT2D eigenvalue weighted by molar-refractivity contribution is 6.05. The van der Waals surface area contributed by atoms with Crippen LogP contribution in [-0.4, -0.2) is 17.6 Å². The zero-order valence-electron chi connectivity index (χ0n) is 39.9. The number of allylic oxidation sites excluding steroid dienone is 11. The van der Waals surface area contributed by atoms with Gasteiger partial charge in [-0.25, -0.2) is 0 Å². The van der Waals surface area contributed by atoms with Crippen LogP contribution in [0.4, 0.5) is 0 Å². The Morgan fingerprint density at radius 2 is 1.39 bits per heavy atom. The molecule has 340 valence electrons. The number of aliphatic imine (C=N–C) groups is 2. The molecule has 11 rings (SSSR count). The van der Waals surface area contributed by atoms with Gasteiger partial charge in [0.25, 0.3) is 0 Å². The lowest BCUT2D eigenvalue weighted by Crippen LogP contribution is -2.37. The van der Waals surface area contributed by atoms with Crippen LogP contribution in [0.1, 0.15) is 143 Å². The SMILES string of the molecule is CCC1C(c2ccccc2)=NC(C2C=CCCC2)C(C)CCC1C1C=C(C2=CC(c3cc(C4=CCCC=C4)cc(C4N=C(c5ccccc5)NC(c5ccccc5)=C5CC54)c3)CC=C2)CCC1. The molecule has 7 aliphatic rings. The third-order valence-electron chi connectivity index (χ3n) is 16.4. The molecule has 3 heteroatoms. The molecule has 4 aromatic rings. The second-order valence-electron chi connectivity index (χ2n) is 20.8. The van der Waals surface area contributed by atoms with Crippen molar-refractivity contribution in [2.24, 2.45) is 45.5 Å². The lowest BCUT2D eigenvalue weighted by atomic mass is 9.67. The van der Waals surface area contributed by atoms with Crippen LogP contribution in [0, 0.1) is 35.5 Å². The second-order valence-corrected chi connectivity index (χ2v) is 20.8. The number of benzene rings is 4. The van der Waals surface area contributed by atoms with Gasteiger partial charge in [-0.05, 0) is 163 Å². The van der Waals surface area contributed by atoms with Crippen molar-refractivity contribution in [2.45, 2.75) is 115 Å². The van der Waals surface area contributed by atoms with Crippen LogP contribution >= 0.6 is 0 Å². The fourth-order valence-corrected chi connectivity index (χ4v) is 12.8. The molecule has 0 saturated heterocycles. The predicted octanol–water partition coefficient (Wildman–Crippen LogP) is 15.9. The normalized spacial score (nSPS) is 29.5. The first-order valence-electron chi connectivity index (χ1n) is 26.2. The maximum atomic E-state index is 5.89. The van der Waals surface area contributed by atoms with Gasteiger partial charge in [0.05, 0.1) is 12.1 Å². The summed E-state index contributed by atoms with van der Waals surface area (Å²) in [7, 11) is 0. The maximum Gasteiger partial charge on any atom is 0.133 e. The summed E-state index contributed by atoms with van der Waals surface area (Å²) in [6.45, 7) is 4.94. The Balaban J connectivity index is 0.939. The summed E-state index contributed by atoms with van der Waals surface area (Å²) in [5, 5.41) is 3.88. The minimum absolute atomic E-state index is 0.0342. The van der Waals surface area contributed by atoms with Gasteiger partial charge in [-0.15, -0.1) is 0 Å². The predicted molar refractivity (Wildman–Crippen MR) is 282 cm³/mol. The molecule has 9 atom stereocenters. The molecule has 0 bridgehead atoms. The van der Waals surface area contributed by atoms with E-state index < -0.39 is 0 Å². The number of nitrogens with zero attached hydrogens (tertiary/aromatic N) is 2. The van der Waals surface area contributed by atoms with E-state index in [1.165, 1.54) is 101 Å². The highest BCUT2D eigenvalue weighted by Crippen LogP contribution is 2.54. The lowest BCUT2D eigenvalue weighted by Gasteiger charge is -2.40. The van der Waals surface area contributed by atoms with Crippen LogP contribution in [0.25, 0.3) is 11.3 Å². The first-order valence-corrected chi connectivity index (χ1v) is 26.2. The molecule has 0 radical (unpaired) electrons. The van der Waals surface area contributed by atoms with E-state index in [1.54, 1.807) is 5.57 Å². The smallest absolute Gasteiger partial charge is 0.133 e. The summed E-state index contributed by atoms with van der Waals surface area (Å²) in [4.78, 5) is 11.6. The minimum atomic E-state index is 0.0342. The van der Waals surface area contributed by atoms with Crippen LogP contribution in [-0.2, 0) is 0 Å². The first-order chi connectivity index (χ1) is 33.1. The molecule has 0 spiro atoms. The Morgan fingerprint density at radius 3 is 2.13 bits per heavy atom. The van der Waals surface area contributed by atoms with Crippen molar-refractivity contribution in [2.75, 3.05) is 0 Å². The van der Waals surface area contributed by atoms with Gasteiger partial charge in [-0.3, -0.25) is 9.98 Å². The number of nitrogens with one attached hydrogen (secondary N) is 1. The zero-order valence-corrected chi connectivity index (χ0v) is 39.9. The Hall–Kier alpha value is -5.80. The molecular formula is C64H69N3. The van der Waals surface area contributed by atoms with E-state index in [9.17, 15) is 0 Å². The molecule has 2 aliphatic heterocycles. The fraction of sp³-hybridized carbons (Fsp3) is 0.375. The van der Waals surface area contributed by atoms with Gasteiger partial charge >= 0.3 is 0 Å². The fourth-order valence-electron chi connectivity index (χ4n) is 12.8. The van der Waals surface area contributed by atoms with Crippen molar-refractivity contribution in [3.8, 4) is 0 Å². The van der Waals surface area contributed by atoms with Crippen LogP contribution in [0.15, 0.2) is 191 Å². The average molecular weight is 880 g/mol. The van der Waals surface area contributed by atoms with Crippen LogP contribution in [0.3, 0.4) is 0 Å². The summed E-state index contributed by atoms with van der Waals surface area (Å²) in [5.41, 5.74) is 16.2. The third kappa shape index (κ3) is 9.41. The molecule has 3 nitrogen and oxygen atoms in total.